The summed E-state index contributed by atoms with van der Waals surface area (Å²) in [5.74, 6) is 1.90. The van der Waals surface area contributed by atoms with Crippen LogP contribution in [0.15, 0.2) is 77.3 Å². The van der Waals surface area contributed by atoms with Crippen LogP contribution in [0.4, 0.5) is 5.69 Å². The minimum atomic E-state index is -0.359. The zero-order valence-electron chi connectivity index (χ0n) is 17.6. The summed E-state index contributed by atoms with van der Waals surface area (Å²) in [6.45, 7) is 0.0204. The minimum Gasteiger partial charge on any atom is -0.497 e. The number of anilines is 1. The van der Waals surface area contributed by atoms with Gasteiger partial charge in [0.1, 0.15) is 17.2 Å². The summed E-state index contributed by atoms with van der Waals surface area (Å²) in [5, 5.41) is 6.82. The number of carbonyl (C=O) groups excluding carboxylic acids is 1. The highest BCUT2D eigenvalue weighted by Crippen LogP contribution is 2.30. The average Bonchev–Trinajstić information content (AvgIpc) is 3.32. The number of para-hydroxylation sites is 1. The van der Waals surface area contributed by atoms with Crippen LogP contribution in [0.3, 0.4) is 0 Å². The molecule has 0 atom stereocenters. The molecule has 4 aromatic rings. The van der Waals surface area contributed by atoms with Gasteiger partial charge in [-0.25, -0.2) is 0 Å². The van der Waals surface area contributed by atoms with Crippen LogP contribution in [0.1, 0.15) is 16.2 Å². The van der Waals surface area contributed by atoms with Gasteiger partial charge < -0.3 is 24.1 Å². The van der Waals surface area contributed by atoms with Gasteiger partial charge in [0.05, 0.1) is 25.5 Å². The van der Waals surface area contributed by atoms with Crippen molar-refractivity contribution in [2.45, 2.75) is 6.61 Å². The van der Waals surface area contributed by atoms with Crippen molar-refractivity contribution in [2.75, 3.05) is 19.5 Å². The second-order valence-corrected chi connectivity index (χ2v) is 6.68. The summed E-state index contributed by atoms with van der Waals surface area (Å²) in [4.78, 5) is 17.3. The Morgan fingerprint density at radius 2 is 1.72 bits per heavy atom. The van der Waals surface area contributed by atoms with Crippen LogP contribution in [0.25, 0.3) is 11.4 Å². The van der Waals surface area contributed by atoms with Crippen LogP contribution < -0.4 is 19.5 Å². The lowest BCUT2D eigenvalue weighted by atomic mass is 10.1. The molecule has 1 aromatic heterocycles. The maximum atomic E-state index is 13.0. The largest absolute Gasteiger partial charge is 0.497 e. The van der Waals surface area contributed by atoms with Gasteiger partial charge in [-0.05, 0) is 24.3 Å². The van der Waals surface area contributed by atoms with Crippen molar-refractivity contribution in [3.8, 4) is 28.6 Å². The molecule has 4 rings (SSSR count). The van der Waals surface area contributed by atoms with E-state index in [9.17, 15) is 4.79 Å². The molecule has 0 saturated carbocycles. The van der Waals surface area contributed by atoms with E-state index in [1.165, 1.54) is 7.11 Å². The average molecular weight is 431 g/mol. The quantitative estimate of drug-likeness (QED) is 0.436. The van der Waals surface area contributed by atoms with Gasteiger partial charge in [-0.15, -0.1) is 0 Å². The van der Waals surface area contributed by atoms with Gasteiger partial charge >= 0.3 is 0 Å². The summed E-state index contributed by atoms with van der Waals surface area (Å²) in [6, 6.07) is 21.5. The fourth-order valence-corrected chi connectivity index (χ4v) is 3.04. The van der Waals surface area contributed by atoms with Crippen LogP contribution in [0.5, 0.6) is 17.2 Å². The Bertz CT molecular complexity index is 1210. The Morgan fingerprint density at radius 3 is 2.50 bits per heavy atom. The second-order valence-electron chi connectivity index (χ2n) is 6.68. The van der Waals surface area contributed by atoms with E-state index in [0.717, 1.165) is 5.56 Å². The van der Waals surface area contributed by atoms with Gasteiger partial charge in [0.15, 0.2) is 6.61 Å². The standard InChI is InChI=1S/C24H21N3O5/c1-29-17-12-13-21(30-2)19(14-17)25-24(28)18-10-6-7-11-20(18)31-15-22-26-23(27-32-22)16-8-4-3-5-9-16/h3-14H,15H2,1-2H3,(H,25,28). The fraction of sp³-hybridized carbons (Fsp3) is 0.125. The Hall–Kier alpha value is -4.33. The summed E-state index contributed by atoms with van der Waals surface area (Å²) < 4.78 is 21.7. The number of rotatable bonds is 8. The lowest BCUT2D eigenvalue weighted by Gasteiger charge is -2.13. The molecule has 0 radical (unpaired) electrons. The molecule has 1 heterocycles. The molecular weight excluding hydrogens is 410 g/mol. The number of carbonyl (C=O) groups is 1. The Morgan fingerprint density at radius 1 is 0.938 bits per heavy atom. The first kappa shape index (κ1) is 20.9. The van der Waals surface area contributed by atoms with Gasteiger partial charge in [0.2, 0.25) is 5.82 Å². The highest BCUT2D eigenvalue weighted by atomic mass is 16.5. The number of hydrogen-bond acceptors (Lipinski definition) is 7. The van der Waals surface area contributed by atoms with Crippen LogP contribution >= 0.6 is 0 Å². The van der Waals surface area contributed by atoms with E-state index in [2.05, 4.69) is 15.5 Å². The molecule has 0 spiro atoms. The summed E-state index contributed by atoms with van der Waals surface area (Å²) in [5.41, 5.74) is 1.67. The summed E-state index contributed by atoms with van der Waals surface area (Å²) in [7, 11) is 3.08. The highest BCUT2D eigenvalue weighted by molar-refractivity contribution is 6.07. The zero-order valence-corrected chi connectivity index (χ0v) is 17.6. The van der Waals surface area contributed by atoms with Crippen molar-refractivity contribution in [2.24, 2.45) is 0 Å². The number of aromatic nitrogens is 2. The van der Waals surface area contributed by atoms with E-state index >= 15 is 0 Å². The minimum absolute atomic E-state index is 0.0204. The van der Waals surface area contributed by atoms with E-state index in [1.54, 1.807) is 49.6 Å². The van der Waals surface area contributed by atoms with Crippen LogP contribution in [0.2, 0.25) is 0 Å². The molecule has 8 heteroatoms. The molecule has 0 aliphatic heterocycles. The van der Waals surface area contributed by atoms with Crippen molar-refractivity contribution in [3.63, 3.8) is 0 Å². The Balaban J connectivity index is 1.49. The number of nitrogens with one attached hydrogen (secondary N) is 1. The molecule has 1 N–H and O–H groups in total. The Kier molecular flexibility index (Phi) is 6.31. The first-order valence-corrected chi connectivity index (χ1v) is 9.81. The predicted molar refractivity (Wildman–Crippen MR) is 118 cm³/mol. The normalized spacial score (nSPS) is 10.4. The van der Waals surface area contributed by atoms with Crippen molar-refractivity contribution in [1.29, 1.82) is 0 Å². The molecule has 0 aliphatic carbocycles. The third-order valence-electron chi connectivity index (χ3n) is 4.64. The van der Waals surface area contributed by atoms with Gasteiger partial charge in [0, 0.05) is 11.6 Å². The van der Waals surface area contributed by atoms with Crippen molar-refractivity contribution >= 4 is 11.6 Å². The molecule has 0 aliphatic rings. The van der Waals surface area contributed by atoms with Gasteiger partial charge in [-0.2, -0.15) is 4.98 Å². The smallest absolute Gasteiger partial charge is 0.264 e. The van der Waals surface area contributed by atoms with E-state index in [1.807, 2.05) is 30.3 Å². The topological polar surface area (TPSA) is 95.7 Å². The number of benzene rings is 3. The molecule has 162 valence electrons. The summed E-state index contributed by atoms with van der Waals surface area (Å²) in [6.07, 6.45) is 0. The zero-order chi connectivity index (χ0) is 22.3. The van der Waals surface area contributed by atoms with Crippen LogP contribution in [-0.2, 0) is 6.61 Å². The molecule has 8 nitrogen and oxygen atoms in total. The second kappa shape index (κ2) is 9.65. The lowest BCUT2D eigenvalue weighted by molar-refractivity contribution is 0.102. The predicted octanol–water partition coefficient (Wildman–Crippen LogP) is 4.59. The Labute approximate surface area is 184 Å². The third kappa shape index (κ3) is 4.70. The SMILES string of the molecule is COc1ccc(OC)c(NC(=O)c2ccccc2OCc2nc(-c3ccccc3)no2)c1. The van der Waals surface area contributed by atoms with E-state index in [-0.39, 0.29) is 12.5 Å². The molecule has 0 fully saturated rings. The number of ether oxygens (including phenoxy) is 3. The van der Waals surface area contributed by atoms with Crippen molar-refractivity contribution in [1.82, 2.24) is 10.1 Å². The monoisotopic (exact) mass is 431 g/mol. The lowest BCUT2D eigenvalue weighted by Crippen LogP contribution is -2.14. The first-order chi connectivity index (χ1) is 15.7. The third-order valence-corrected chi connectivity index (χ3v) is 4.64. The number of amides is 1. The van der Waals surface area contributed by atoms with Gasteiger partial charge in [-0.1, -0.05) is 47.6 Å². The molecule has 0 unspecified atom stereocenters. The molecular formula is C24H21N3O5. The van der Waals surface area contributed by atoms with Crippen LogP contribution in [-0.4, -0.2) is 30.3 Å². The van der Waals surface area contributed by atoms with Crippen molar-refractivity contribution in [3.05, 3.63) is 84.3 Å². The van der Waals surface area contributed by atoms with Gasteiger partial charge in [0.25, 0.3) is 11.8 Å². The molecule has 1 amide bonds. The van der Waals surface area contributed by atoms with E-state index in [4.69, 9.17) is 18.7 Å². The maximum Gasteiger partial charge on any atom is 0.264 e. The molecule has 0 saturated heterocycles. The number of methoxy groups -OCH3 is 2. The van der Waals surface area contributed by atoms with Crippen LogP contribution in [0, 0.1) is 0 Å². The van der Waals surface area contributed by atoms with Gasteiger partial charge in [-0.3, -0.25) is 4.79 Å². The molecule has 0 bridgehead atoms. The van der Waals surface area contributed by atoms with E-state index < -0.39 is 0 Å². The molecule has 32 heavy (non-hydrogen) atoms. The number of nitrogens with zero attached hydrogens (tertiary/aromatic N) is 2. The highest BCUT2D eigenvalue weighted by Gasteiger charge is 2.16. The maximum absolute atomic E-state index is 13.0. The first-order valence-electron chi connectivity index (χ1n) is 9.81. The molecule has 3 aromatic carbocycles. The number of hydrogen-bond donors (Lipinski definition) is 1. The van der Waals surface area contributed by atoms with E-state index in [0.29, 0.717) is 40.2 Å². The van der Waals surface area contributed by atoms with Crippen molar-refractivity contribution < 1.29 is 23.5 Å². The fourth-order valence-electron chi connectivity index (χ4n) is 3.04. The summed E-state index contributed by atoms with van der Waals surface area (Å²) >= 11 is 0.